The van der Waals surface area contributed by atoms with Crippen molar-refractivity contribution in [3.8, 4) is 0 Å². The van der Waals surface area contributed by atoms with Gasteiger partial charge in [0.15, 0.2) is 0 Å². The van der Waals surface area contributed by atoms with E-state index in [0.717, 1.165) is 0 Å². The van der Waals surface area contributed by atoms with Gasteiger partial charge < -0.3 is 5.11 Å². The summed E-state index contributed by atoms with van der Waals surface area (Å²) in [7, 11) is 0. The lowest BCUT2D eigenvalue weighted by molar-refractivity contribution is -0.105. The molecule has 0 saturated heterocycles. The van der Waals surface area contributed by atoms with Gasteiger partial charge in [-0.15, -0.1) is 0 Å². The number of aliphatic hydroxyl groups is 1. The average molecular weight is 124 g/mol. The molecule has 1 unspecified atom stereocenters. The Morgan fingerprint density at radius 1 is 1.78 bits per heavy atom. The van der Waals surface area contributed by atoms with Gasteiger partial charge in [0.25, 0.3) is 0 Å². The van der Waals surface area contributed by atoms with Crippen molar-refractivity contribution in [1.82, 2.24) is 0 Å². The molecule has 0 saturated carbocycles. The molecule has 0 heterocycles. The van der Waals surface area contributed by atoms with E-state index in [1.165, 1.54) is 0 Å². The third-order valence-corrected chi connectivity index (χ3v) is 1.30. The maximum atomic E-state index is 10.1. The quantitative estimate of drug-likeness (QED) is 0.515. The number of aldehydes is 1. The minimum absolute atomic E-state index is 0.470. The molecular weight excluding hydrogens is 116 g/mol. The van der Waals surface area contributed by atoms with E-state index in [4.69, 9.17) is 5.11 Å². The summed E-state index contributed by atoms with van der Waals surface area (Å²) < 4.78 is 0. The molecule has 1 atom stereocenters. The molecule has 48 valence electrons. The molecule has 0 bridgehead atoms. The fourth-order valence-electron chi connectivity index (χ4n) is 0.752. The molecule has 0 radical (unpaired) electrons. The van der Waals surface area contributed by atoms with Crippen LogP contribution in [0.4, 0.5) is 0 Å². The molecule has 1 N–H and O–H groups in total. The summed E-state index contributed by atoms with van der Waals surface area (Å²) in [5.41, 5.74) is 0.470. The first-order valence-corrected chi connectivity index (χ1v) is 2.84. The minimum Gasteiger partial charge on any atom is -0.388 e. The second-order valence-corrected chi connectivity index (χ2v) is 1.96. The zero-order valence-corrected chi connectivity index (χ0v) is 4.95. The number of hydrogen-bond acceptors (Lipinski definition) is 2. The van der Waals surface area contributed by atoms with Gasteiger partial charge in [0, 0.05) is 5.57 Å². The Balaban J connectivity index is 2.74. The molecule has 0 spiro atoms. The summed E-state index contributed by atoms with van der Waals surface area (Å²) in [6.07, 6.45) is 5.90. The van der Waals surface area contributed by atoms with Crippen molar-refractivity contribution >= 4 is 6.29 Å². The van der Waals surface area contributed by atoms with Crippen LogP contribution >= 0.6 is 0 Å². The molecule has 0 amide bonds. The van der Waals surface area contributed by atoms with Crippen molar-refractivity contribution in [3.63, 3.8) is 0 Å². The first kappa shape index (κ1) is 6.23. The summed E-state index contributed by atoms with van der Waals surface area (Å²) in [6.45, 7) is 0. The molecule has 0 aromatic carbocycles. The van der Waals surface area contributed by atoms with Crippen molar-refractivity contribution in [1.29, 1.82) is 0 Å². The van der Waals surface area contributed by atoms with E-state index in [0.29, 0.717) is 18.3 Å². The fraction of sp³-hybridized carbons (Fsp3) is 0.286. The Morgan fingerprint density at radius 2 is 2.56 bits per heavy atom. The van der Waals surface area contributed by atoms with Crippen LogP contribution in [0.1, 0.15) is 6.42 Å². The predicted molar refractivity (Wildman–Crippen MR) is 33.9 cm³/mol. The van der Waals surface area contributed by atoms with Crippen molar-refractivity contribution in [2.45, 2.75) is 12.5 Å². The third kappa shape index (κ3) is 1.27. The maximum absolute atomic E-state index is 10.1. The highest BCUT2D eigenvalue weighted by Gasteiger charge is 2.08. The smallest absolute Gasteiger partial charge is 0.148 e. The minimum atomic E-state index is -0.576. The first-order valence-electron chi connectivity index (χ1n) is 2.84. The van der Waals surface area contributed by atoms with E-state index in [-0.39, 0.29) is 0 Å². The molecule has 0 aromatic rings. The first-order chi connectivity index (χ1) is 4.34. The summed E-state index contributed by atoms with van der Waals surface area (Å²) in [5.74, 6) is 0. The molecule has 9 heavy (non-hydrogen) atoms. The van der Waals surface area contributed by atoms with Gasteiger partial charge in [-0.2, -0.15) is 0 Å². The van der Waals surface area contributed by atoms with Crippen molar-refractivity contribution in [3.05, 3.63) is 23.8 Å². The van der Waals surface area contributed by atoms with E-state index in [1.807, 2.05) is 6.08 Å². The number of aliphatic hydroxyl groups excluding tert-OH is 1. The van der Waals surface area contributed by atoms with Crippen LogP contribution in [0.2, 0.25) is 0 Å². The standard InChI is InChI=1S/C7H8O2/c8-5-6-3-1-2-4-7(6)9/h1-3,5,7,9H,4H2. The van der Waals surface area contributed by atoms with Crippen LogP contribution in [-0.2, 0) is 4.79 Å². The van der Waals surface area contributed by atoms with E-state index in [1.54, 1.807) is 12.2 Å². The number of carbonyl (C=O) groups excluding carboxylic acids is 1. The van der Waals surface area contributed by atoms with Crippen molar-refractivity contribution in [2.24, 2.45) is 0 Å². The highest BCUT2D eigenvalue weighted by atomic mass is 16.3. The Kier molecular flexibility index (Phi) is 1.80. The van der Waals surface area contributed by atoms with Gasteiger partial charge in [-0.1, -0.05) is 18.2 Å². The Labute approximate surface area is 53.5 Å². The maximum Gasteiger partial charge on any atom is 0.148 e. The van der Waals surface area contributed by atoms with Crippen LogP contribution in [0.15, 0.2) is 23.8 Å². The zero-order chi connectivity index (χ0) is 6.69. The molecule has 1 rings (SSSR count). The van der Waals surface area contributed by atoms with Crippen molar-refractivity contribution in [2.75, 3.05) is 0 Å². The summed E-state index contributed by atoms with van der Waals surface area (Å²) in [4.78, 5) is 10.1. The van der Waals surface area contributed by atoms with Crippen LogP contribution in [0.25, 0.3) is 0 Å². The highest BCUT2D eigenvalue weighted by Crippen LogP contribution is 2.09. The van der Waals surface area contributed by atoms with E-state index < -0.39 is 6.10 Å². The largest absolute Gasteiger partial charge is 0.388 e. The predicted octanol–water partition coefficient (Wildman–Crippen LogP) is 0.432. The van der Waals surface area contributed by atoms with Crippen LogP contribution in [0, 0.1) is 0 Å². The number of allylic oxidation sites excluding steroid dienone is 2. The van der Waals surface area contributed by atoms with Gasteiger partial charge in [-0.25, -0.2) is 0 Å². The van der Waals surface area contributed by atoms with Gasteiger partial charge in [-0.05, 0) is 6.42 Å². The topological polar surface area (TPSA) is 37.3 Å². The monoisotopic (exact) mass is 124 g/mol. The summed E-state index contributed by atoms with van der Waals surface area (Å²) in [6, 6.07) is 0. The molecule has 2 heteroatoms. The normalized spacial score (nSPS) is 25.4. The van der Waals surface area contributed by atoms with Crippen LogP contribution in [-0.4, -0.2) is 17.5 Å². The second-order valence-electron chi connectivity index (χ2n) is 1.96. The number of hydrogen-bond donors (Lipinski definition) is 1. The third-order valence-electron chi connectivity index (χ3n) is 1.30. The lowest BCUT2D eigenvalue weighted by Gasteiger charge is -2.08. The molecular formula is C7H8O2. The number of rotatable bonds is 1. The lowest BCUT2D eigenvalue weighted by Crippen LogP contribution is -2.11. The molecule has 0 aromatic heterocycles. The fourth-order valence-corrected chi connectivity index (χ4v) is 0.752. The molecule has 1 aliphatic carbocycles. The van der Waals surface area contributed by atoms with Gasteiger partial charge >= 0.3 is 0 Å². The number of carbonyl (C=O) groups is 1. The summed E-state index contributed by atoms with van der Waals surface area (Å²) in [5, 5.41) is 9.02. The molecule has 2 nitrogen and oxygen atoms in total. The van der Waals surface area contributed by atoms with Gasteiger partial charge in [-0.3, -0.25) is 4.79 Å². The molecule has 0 fully saturated rings. The Hall–Kier alpha value is -0.890. The van der Waals surface area contributed by atoms with Gasteiger partial charge in [0.2, 0.25) is 0 Å². The zero-order valence-electron chi connectivity index (χ0n) is 4.95. The Bertz CT molecular complexity index is 168. The molecule has 0 aliphatic heterocycles. The van der Waals surface area contributed by atoms with Crippen LogP contribution < -0.4 is 0 Å². The van der Waals surface area contributed by atoms with Crippen molar-refractivity contribution < 1.29 is 9.90 Å². The average Bonchev–Trinajstić information content (AvgIpc) is 1.89. The van der Waals surface area contributed by atoms with Gasteiger partial charge in [0.1, 0.15) is 6.29 Å². The van der Waals surface area contributed by atoms with Gasteiger partial charge in [0.05, 0.1) is 6.10 Å². The highest BCUT2D eigenvalue weighted by molar-refractivity contribution is 5.75. The van der Waals surface area contributed by atoms with E-state index in [2.05, 4.69) is 0 Å². The van der Waals surface area contributed by atoms with E-state index >= 15 is 0 Å². The van der Waals surface area contributed by atoms with E-state index in [9.17, 15) is 4.79 Å². The SMILES string of the molecule is O=CC1=CC=CCC1O. The molecule has 1 aliphatic rings. The van der Waals surface area contributed by atoms with Crippen LogP contribution in [0.3, 0.4) is 0 Å². The second kappa shape index (κ2) is 2.60. The lowest BCUT2D eigenvalue weighted by atomic mass is 10.0. The van der Waals surface area contributed by atoms with Crippen LogP contribution in [0.5, 0.6) is 0 Å². The Morgan fingerprint density at radius 3 is 3.00 bits per heavy atom. The summed E-state index contributed by atoms with van der Waals surface area (Å²) >= 11 is 0.